The first-order valence-corrected chi connectivity index (χ1v) is 8.17. The number of ether oxygens (including phenoxy) is 1. The number of hydrogen-bond acceptors (Lipinski definition) is 4. The van der Waals surface area contributed by atoms with Crippen molar-refractivity contribution in [2.75, 3.05) is 25.5 Å². The van der Waals surface area contributed by atoms with Crippen LogP contribution in [0.3, 0.4) is 0 Å². The summed E-state index contributed by atoms with van der Waals surface area (Å²) >= 11 is 0. The molecule has 0 unspecified atom stereocenters. The van der Waals surface area contributed by atoms with Gasteiger partial charge in [0.05, 0.1) is 18.8 Å². The van der Waals surface area contributed by atoms with Crippen LogP contribution in [0, 0.1) is 0 Å². The van der Waals surface area contributed by atoms with Gasteiger partial charge in [-0.2, -0.15) is 0 Å². The third kappa shape index (κ3) is 5.32. The normalized spacial score (nSPS) is 11.4. The molecule has 0 aliphatic rings. The Morgan fingerprint density at radius 1 is 1.04 bits per heavy atom. The van der Waals surface area contributed by atoms with E-state index >= 15 is 0 Å². The van der Waals surface area contributed by atoms with Crippen LogP contribution in [0.2, 0.25) is 0 Å². The fourth-order valence-electron chi connectivity index (χ4n) is 2.35. The van der Waals surface area contributed by atoms with Crippen molar-refractivity contribution in [1.82, 2.24) is 10.6 Å². The largest absolute Gasteiger partial charge is 0.492 e. The summed E-state index contributed by atoms with van der Waals surface area (Å²) in [7, 11) is 1.56. The lowest BCUT2D eigenvalue weighted by Gasteiger charge is -2.19. The van der Waals surface area contributed by atoms with Gasteiger partial charge in [-0.1, -0.05) is 42.5 Å². The zero-order chi connectivity index (χ0) is 18.1. The Kier molecular flexibility index (Phi) is 6.98. The van der Waals surface area contributed by atoms with E-state index in [4.69, 9.17) is 4.74 Å². The molecular formula is C19H23N3O3. The van der Waals surface area contributed by atoms with Crippen molar-refractivity contribution in [3.05, 3.63) is 60.2 Å². The first kappa shape index (κ1) is 18.5. The third-order valence-corrected chi connectivity index (χ3v) is 3.59. The Morgan fingerprint density at radius 2 is 1.72 bits per heavy atom. The number of hydrogen-bond donors (Lipinski definition) is 3. The second-order valence-corrected chi connectivity index (χ2v) is 5.32. The number of para-hydroxylation sites is 2. The van der Waals surface area contributed by atoms with Crippen molar-refractivity contribution in [2.45, 2.75) is 13.0 Å². The third-order valence-electron chi connectivity index (χ3n) is 3.59. The summed E-state index contributed by atoms with van der Waals surface area (Å²) in [5, 5.41) is 8.40. The molecule has 0 aliphatic carbocycles. The van der Waals surface area contributed by atoms with Gasteiger partial charge in [0.25, 0.3) is 0 Å². The van der Waals surface area contributed by atoms with Gasteiger partial charge in [-0.3, -0.25) is 14.9 Å². The molecule has 2 amide bonds. The van der Waals surface area contributed by atoms with Gasteiger partial charge in [-0.25, -0.2) is 0 Å². The molecule has 0 heterocycles. The van der Waals surface area contributed by atoms with E-state index in [0.717, 1.165) is 5.56 Å². The van der Waals surface area contributed by atoms with Crippen LogP contribution in [-0.2, 0) is 9.59 Å². The fraction of sp³-hybridized carbons (Fsp3) is 0.263. The molecule has 6 nitrogen and oxygen atoms in total. The molecule has 0 fully saturated rings. The van der Waals surface area contributed by atoms with Crippen molar-refractivity contribution >= 4 is 17.5 Å². The minimum atomic E-state index is -0.659. The highest BCUT2D eigenvalue weighted by atomic mass is 16.5. The number of nitrogens with one attached hydrogen (secondary N) is 3. The van der Waals surface area contributed by atoms with Crippen molar-refractivity contribution in [2.24, 2.45) is 0 Å². The first-order valence-electron chi connectivity index (χ1n) is 8.17. The minimum absolute atomic E-state index is 0.0383. The average Bonchev–Trinajstić information content (AvgIpc) is 2.64. The molecule has 0 spiro atoms. The maximum atomic E-state index is 12.8. The van der Waals surface area contributed by atoms with E-state index in [2.05, 4.69) is 16.0 Å². The van der Waals surface area contributed by atoms with Gasteiger partial charge < -0.3 is 15.4 Å². The molecule has 0 saturated heterocycles. The lowest BCUT2D eigenvalue weighted by atomic mass is 10.1. The van der Waals surface area contributed by atoms with Gasteiger partial charge in [0, 0.05) is 7.05 Å². The number of anilines is 1. The summed E-state index contributed by atoms with van der Waals surface area (Å²) in [5.74, 6) is 0.155. The number of rotatable bonds is 8. The van der Waals surface area contributed by atoms with Gasteiger partial charge in [-0.05, 0) is 24.6 Å². The molecule has 2 rings (SSSR count). The van der Waals surface area contributed by atoms with E-state index < -0.39 is 6.04 Å². The molecule has 0 aromatic heterocycles. The van der Waals surface area contributed by atoms with Crippen molar-refractivity contribution in [3.63, 3.8) is 0 Å². The standard InChI is InChI=1S/C19H23N3O3/c1-3-25-16-12-8-7-11-15(16)22-19(24)18(21-13-17(23)20-2)14-9-5-4-6-10-14/h4-12,18,21H,3,13H2,1-2H3,(H,20,23)(H,22,24)/t18-/m0/s1. The molecule has 1 atom stereocenters. The van der Waals surface area contributed by atoms with Gasteiger partial charge in [-0.15, -0.1) is 0 Å². The average molecular weight is 341 g/mol. The molecule has 0 aliphatic heterocycles. The van der Waals surface area contributed by atoms with Crippen LogP contribution in [0.15, 0.2) is 54.6 Å². The van der Waals surface area contributed by atoms with Crippen LogP contribution >= 0.6 is 0 Å². The highest BCUT2D eigenvalue weighted by Crippen LogP contribution is 2.25. The van der Waals surface area contributed by atoms with Gasteiger partial charge >= 0.3 is 0 Å². The molecule has 25 heavy (non-hydrogen) atoms. The van der Waals surface area contributed by atoms with E-state index in [0.29, 0.717) is 18.0 Å². The molecule has 3 N–H and O–H groups in total. The number of amides is 2. The van der Waals surface area contributed by atoms with Gasteiger partial charge in [0.15, 0.2) is 0 Å². The Hall–Kier alpha value is -2.86. The Morgan fingerprint density at radius 3 is 2.40 bits per heavy atom. The molecule has 2 aromatic carbocycles. The molecule has 2 aromatic rings. The molecular weight excluding hydrogens is 318 g/mol. The zero-order valence-corrected chi connectivity index (χ0v) is 14.4. The van der Waals surface area contributed by atoms with Crippen LogP contribution in [0.5, 0.6) is 5.75 Å². The van der Waals surface area contributed by atoms with Crippen molar-refractivity contribution in [1.29, 1.82) is 0 Å². The molecule has 6 heteroatoms. The van der Waals surface area contributed by atoms with Crippen LogP contribution < -0.4 is 20.7 Å². The topological polar surface area (TPSA) is 79.5 Å². The fourth-order valence-corrected chi connectivity index (χ4v) is 2.35. The molecule has 132 valence electrons. The number of carbonyl (C=O) groups excluding carboxylic acids is 2. The van der Waals surface area contributed by atoms with Crippen molar-refractivity contribution < 1.29 is 14.3 Å². The zero-order valence-electron chi connectivity index (χ0n) is 14.4. The van der Waals surface area contributed by atoms with Crippen LogP contribution in [0.4, 0.5) is 5.69 Å². The summed E-state index contributed by atoms with van der Waals surface area (Å²) in [4.78, 5) is 24.4. The molecule has 0 radical (unpaired) electrons. The maximum Gasteiger partial charge on any atom is 0.246 e. The van der Waals surface area contributed by atoms with Gasteiger partial charge in [0.2, 0.25) is 11.8 Å². The van der Waals surface area contributed by atoms with E-state index in [9.17, 15) is 9.59 Å². The first-order chi connectivity index (χ1) is 12.2. The van der Waals surface area contributed by atoms with E-state index in [1.165, 1.54) is 0 Å². The monoisotopic (exact) mass is 341 g/mol. The van der Waals surface area contributed by atoms with Crippen LogP contribution in [0.1, 0.15) is 18.5 Å². The van der Waals surface area contributed by atoms with E-state index in [-0.39, 0.29) is 18.4 Å². The highest BCUT2D eigenvalue weighted by Gasteiger charge is 2.22. The molecule has 0 saturated carbocycles. The van der Waals surface area contributed by atoms with Crippen molar-refractivity contribution in [3.8, 4) is 5.75 Å². The number of likely N-dealkylation sites (N-methyl/N-ethyl adjacent to an activating group) is 1. The lowest BCUT2D eigenvalue weighted by molar-refractivity contribution is -0.120. The number of carbonyl (C=O) groups is 2. The second-order valence-electron chi connectivity index (χ2n) is 5.32. The quantitative estimate of drug-likeness (QED) is 0.687. The van der Waals surface area contributed by atoms with E-state index in [1.807, 2.05) is 49.4 Å². The summed E-state index contributed by atoms with van der Waals surface area (Å²) in [6.07, 6.45) is 0. The van der Waals surface area contributed by atoms with Crippen LogP contribution in [0.25, 0.3) is 0 Å². The molecule has 0 bridgehead atoms. The number of benzene rings is 2. The minimum Gasteiger partial charge on any atom is -0.492 e. The highest BCUT2D eigenvalue weighted by molar-refractivity contribution is 5.97. The Bertz CT molecular complexity index is 704. The second kappa shape index (κ2) is 9.44. The Balaban J connectivity index is 2.19. The summed E-state index contributed by atoms with van der Waals surface area (Å²) < 4.78 is 5.54. The predicted octanol–water partition coefficient (Wildman–Crippen LogP) is 2.10. The predicted molar refractivity (Wildman–Crippen MR) is 97.5 cm³/mol. The summed E-state index contributed by atoms with van der Waals surface area (Å²) in [6, 6.07) is 15.9. The lowest BCUT2D eigenvalue weighted by Crippen LogP contribution is -2.39. The Labute approximate surface area is 147 Å². The van der Waals surface area contributed by atoms with Crippen LogP contribution in [-0.4, -0.2) is 32.0 Å². The summed E-state index contributed by atoms with van der Waals surface area (Å²) in [5.41, 5.74) is 1.37. The van der Waals surface area contributed by atoms with Gasteiger partial charge in [0.1, 0.15) is 11.8 Å². The summed E-state index contributed by atoms with van der Waals surface area (Å²) in [6.45, 7) is 2.43. The smallest absolute Gasteiger partial charge is 0.246 e. The SMILES string of the molecule is CCOc1ccccc1NC(=O)[C@@H](NCC(=O)NC)c1ccccc1. The van der Waals surface area contributed by atoms with E-state index in [1.54, 1.807) is 19.2 Å². The maximum absolute atomic E-state index is 12.8.